The van der Waals surface area contributed by atoms with Gasteiger partial charge >= 0.3 is 0 Å². The molecule has 112 valence electrons. The molecular formula is C17H18N4O. The van der Waals surface area contributed by atoms with Crippen molar-refractivity contribution in [1.82, 2.24) is 20.6 Å². The number of hydrogen-bond acceptors (Lipinski definition) is 4. The Kier molecular flexibility index (Phi) is 3.98. The predicted molar refractivity (Wildman–Crippen MR) is 83.3 cm³/mol. The number of methoxy groups -OCH3 is 1. The van der Waals surface area contributed by atoms with Gasteiger partial charge in [-0.15, -0.1) is 10.2 Å². The summed E-state index contributed by atoms with van der Waals surface area (Å²) in [6.07, 6.45) is -0.228. The van der Waals surface area contributed by atoms with E-state index in [0.717, 1.165) is 11.1 Å². The van der Waals surface area contributed by atoms with Gasteiger partial charge in [0.25, 0.3) is 0 Å². The number of benzene rings is 2. The minimum absolute atomic E-state index is 0.228. The average Bonchev–Trinajstić information content (AvgIpc) is 3.12. The normalized spacial score (nSPS) is 15.2. The van der Waals surface area contributed by atoms with Gasteiger partial charge in [0.05, 0.1) is 11.5 Å². The van der Waals surface area contributed by atoms with E-state index in [2.05, 4.69) is 51.8 Å². The van der Waals surface area contributed by atoms with Crippen LogP contribution >= 0.6 is 0 Å². The summed E-state index contributed by atoms with van der Waals surface area (Å²) in [7, 11) is 1.71. The Balaban J connectivity index is 2.17. The van der Waals surface area contributed by atoms with Gasteiger partial charge in [-0.2, -0.15) is 5.21 Å². The van der Waals surface area contributed by atoms with E-state index in [4.69, 9.17) is 4.74 Å². The molecule has 0 saturated heterocycles. The van der Waals surface area contributed by atoms with Gasteiger partial charge in [0.2, 0.25) is 0 Å². The van der Waals surface area contributed by atoms with Crippen LogP contribution < -0.4 is 0 Å². The Bertz CT molecular complexity index is 700. The summed E-state index contributed by atoms with van der Waals surface area (Å²) >= 11 is 0. The molecule has 0 bridgehead atoms. The Morgan fingerprint density at radius 3 is 2.18 bits per heavy atom. The first kappa shape index (κ1) is 14.4. The molecule has 0 saturated carbocycles. The van der Waals surface area contributed by atoms with Crippen LogP contribution in [0.1, 0.15) is 30.0 Å². The number of nitrogens with one attached hydrogen (secondary N) is 1. The standard InChI is InChI=1S/C17H18N4O/c1-17(16-18-20-21-19-16,14-11-7-4-8-12-14)15(22-2)13-9-5-3-6-10-13/h3-12,15H,1-2H3,(H,18,19,20,21). The molecule has 0 aliphatic rings. The molecule has 0 radical (unpaired) electrons. The van der Waals surface area contributed by atoms with E-state index in [0.29, 0.717) is 5.82 Å². The van der Waals surface area contributed by atoms with Crippen LogP contribution in [0.4, 0.5) is 0 Å². The van der Waals surface area contributed by atoms with Crippen LogP contribution in [0.25, 0.3) is 0 Å². The Hall–Kier alpha value is -2.53. The third kappa shape index (κ3) is 2.40. The molecule has 3 rings (SSSR count). The molecule has 22 heavy (non-hydrogen) atoms. The highest BCUT2D eigenvalue weighted by molar-refractivity contribution is 5.37. The number of rotatable bonds is 5. The van der Waals surface area contributed by atoms with E-state index < -0.39 is 5.41 Å². The van der Waals surface area contributed by atoms with Crippen LogP contribution in [0.3, 0.4) is 0 Å². The molecule has 0 aliphatic heterocycles. The molecule has 0 spiro atoms. The number of tetrazole rings is 1. The van der Waals surface area contributed by atoms with Gasteiger partial charge in [-0.3, -0.25) is 0 Å². The summed E-state index contributed by atoms with van der Waals surface area (Å²) in [5.41, 5.74) is 1.60. The lowest BCUT2D eigenvalue weighted by molar-refractivity contribution is 0.0501. The third-order valence-corrected chi connectivity index (χ3v) is 4.05. The van der Waals surface area contributed by atoms with Crippen molar-refractivity contribution < 1.29 is 4.74 Å². The maximum absolute atomic E-state index is 5.86. The van der Waals surface area contributed by atoms with Gasteiger partial charge in [0, 0.05) is 7.11 Å². The number of hydrogen-bond donors (Lipinski definition) is 1. The monoisotopic (exact) mass is 294 g/mol. The van der Waals surface area contributed by atoms with Crippen molar-refractivity contribution in [2.75, 3.05) is 7.11 Å². The van der Waals surface area contributed by atoms with Gasteiger partial charge < -0.3 is 4.74 Å². The van der Waals surface area contributed by atoms with E-state index in [1.54, 1.807) is 7.11 Å². The summed E-state index contributed by atoms with van der Waals surface area (Å²) in [5.74, 6) is 0.606. The Labute approximate surface area is 129 Å². The summed E-state index contributed by atoms with van der Waals surface area (Å²) in [5, 5.41) is 14.7. The number of aromatic nitrogens is 4. The second-order valence-electron chi connectivity index (χ2n) is 5.33. The minimum atomic E-state index is -0.551. The summed E-state index contributed by atoms with van der Waals surface area (Å²) < 4.78 is 5.86. The highest BCUT2D eigenvalue weighted by Crippen LogP contribution is 2.42. The SMILES string of the molecule is COC(c1ccccc1)C(C)(c1ccccc1)c1nn[nH]n1. The van der Waals surface area contributed by atoms with Crippen molar-refractivity contribution in [3.05, 3.63) is 77.6 Å². The summed E-state index contributed by atoms with van der Waals surface area (Å²) in [6, 6.07) is 20.2. The Morgan fingerprint density at radius 2 is 1.64 bits per heavy atom. The van der Waals surface area contributed by atoms with Crippen LogP contribution in [0, 0.1) is 0 Å². The van der Waals surface area contributed by atoms with Crippen molar-refractivity contribution in [2.45, 2.75) is 18.4 Å². The minimum Gasteiger partial charge on any atom is -0.375 e. The van der Waals surface area contributed by atoms with Crippen molar-refractivity contribution in [3.63, 3.8) is 0 Å². The lowest BCUT2D eigenvalue weighted by Crippen LogP contribution is -2.34. The molecule has 5 heteroatoms. The summed E-state index contributed by atoms with van der Waals surface area (Å²) in [6.45, 7) is 2.08. The molecule has 0 aliphatic carbocycles. The van der Waals surface area contributed by atoms with E-state index in [-0.39, 0.29) is 6.10 Å². The van der Waals surface area contributed by atoms with E-state index in [9.17, 15) is 0 Å². The molecule has 2 atom stereocenters. The first-order valence-corrected chi connectivity index (χ1v) is 7.14. The highest BCUT2D eigenvalue weighted by Gasteiger charge is 2.42. The number of H-pyrrole nitrogens is 1. The van der Waals surface area contributed by atoms with Gasteiger partial charge in [-0.05, 0) is 18.1 Å². The largest absolute Gasteiger partial charge is 0.375 e. The first-order chi connectivity index (χ1) is 10.8. The van der Waals surface area contributed by atoms with E-state index in [1.165, 1.54) is 0 Å². The zero-order chi connectivity index (χ0) is 15.4. The van der Waals surface area contributed by atoms with Crippen LogP contribution in [-0.2, 0) is 10.2 Å². The van der Waals surface area contributed by atoms with Crippen LogP contribution in [-0.4, -0.2) is 27.7 Å². The maximum Gasteiger partial charge on any atom is 0.187 e. The summed E-state index contributed by atoms with van der Waals surface area (Å²) in [4.78, 5) is 0. The molecule has 1 heterocycles. The van der Waals surface area contributed by atoms with Crippen molar-refractivity contribution in [3.8, 4) is 0 Å². The van der Waals surface area contributed by atoms with Crippen molar-refractivity contribution >= 4 is 0 Å². The van der Waals surface area contributed by atoms with Crippen molar-refractivity contribution in [2.24, 2.45) is 0 Å². The lowest BCUT2D eigenvalue weighted by atomic mass is 9.74. The zero-order valence-electron chi connectivity index (χ0n) is 12.6. The Morgan fingerprint density at radius 1 is 1.00 bits per heavy atom. The zero-order valence-corrected chi connectivity index (χ0v) is 12.6. The molecule has 2 aromatic carbocycles. The van der Waals surface area contributed by atoms with Gasteiger partial charge in [-0.25, -0.2) is 0 Å². The van der Waals surface area contributed by atoms with Gasteiger partial charge in [0.15, 0.2) is 5.82 Å². The molecular weight excluding hydrogens is 276 g/mol. The smallest absolute Gasteiger partial charge is 0.187 e. The second kappa shape index (κ2) is 6.07. The molecule has 3 aromatic rings. The molecule has 1 aromatic heterocycles. The van der Waals surface area contributed by atoms with E-state index in [1.807, 2.05) is 36.4 Å². The highest BCUT2D eigenvalue weighted by atomic mass is 16.5. The van der Waals surface area contributed by atoms with E-state index >= 15 is 0 Å². The predicted octanol–water partition coefficient (Wildman–Crippen LogP) is 2.89. The molecule has 5 nitrogen and oxygen atoms in total. The number of aromatic amines is 1. The van der Waals surface area contributed by atoms with Crippen LogP contribution in [0.2, 0.25) is 0 Å². The third-order valence-electron chi connectivity index (χ3n) is 4.05. The topological polar surface area (TPSA) is 63.7 Å². The fraction of sp³-hybridized carbons (Fsp3) is 0.235. The average molecular weight is 294 g/mol. The quantitative estimate of drug-likeness (QED) is 0.786. The fourth-order valence-corrected chi connectivity index (χ4v) is 2.90. The number of nitrogens with zero attached hydrogens (tertiary/aromatic N) is 3. The molecule has 2 unspecified atom stereocenters. The fourth-order valence-electron chi connectivity index (χ4n) is 2.90. The first-order valence-electron chi connectivity index (χ1n) is 7.14. The van der Waals surface area contributed by atoms with Crippen molar-refractivity contribution in [1.29, 1.82) is 0 Å². The van der Waals surface area contributed by atoms with Crippen LogP contribution in [0.5, 0.6) is 0 Å². The second-order valence-corrected chi connectivity index (χ2v) is 5.33. The maximum atomic E-state index is 5.86. The van der Waals surface area contributed by atoms with Gasteiger partial charge in [-0.1, -0.05) is 65.9 Å². The molecule has 1 N–H and O–H groups in total. The molecule has 0 amide bonds. The lowest BCUT2D eigenvalue weighted by Gasteiger charge is -2.35. The number of ether oxygens (including phenoxy) is 1. The molecule has 0 fully saturated rings. The van der Waals surface area contributed by atoms with Gasteiger partial charge in [0.1, 0.15) is 0 Å². The van der Waals surface area contributed by atoms with Crippen LogP contribution in [0.15, 0.2) is 60.7 Å².